The van der Waals surface area contributed by atoms with Crippen molar-refractivity contribution in [2.45, 2.75) is 25.4 Å². The second-order valence-electron chi connectivity index (χ2n) is 6.51. The minimum Gasteiger partial charge on any atom is -0.356 e. The maximum absolute atomic E-state index is 12.6. The lowest BCUT2D eigenvalue weighted by atomic mass is 9.73. The van der Waals surface area contributed by atoms with E-state index in [4.69, 9.17) is 0 Å². The van der Waals surface area contributed by atoms with E-state index in [0.717, 1.165) is 61.6 Å². The van der Waals surface area contributed by atoms with E-state index in [1.54, 1.807) is 6.07 Å². The highest BCUT2D eigenvalue weighted by Gasteiger charge is 2.40. The molecule has 1 N–H and O–H groups in total. The van der Waals surface area contributed by atoms with Crippen LogP contribution < -0.4 is 10.2 Å². The molecule has 132 valence electrons. The fraction of sp³-hybridized carbons (Fsp3) is 0.600. The summed E-state index contributed by atoms with van der Waals surface area (Å²) < 4.78 is 37.8. The second kappa shape index (κ2) is 6.31. The van der Waals surface area contributed by atoms with Gasteiger partial charge in [-0.3, -0.25) is 0 Å². The summed E-state index contributed by atoms with van der Waals surface area (Å²) in [6.07, 6.45) is -1.43. The van der Waals surface area contributed by atoms with E-state index >= 15 is 0 Å². The normalized spacial score (nSPS) is 20.0. The van der Waals surface area contributed by atoms with E-state index in [1.165, 1.54) is 6.33 Å². The highest BCUT2D eigenvalue weighted by molar-refractivity contribution is 7.18. The minimum absolute atomic E-state index is 0. The first-order valence-corrected chi connectivity index (χ1v) is 8.52. The number of piperidine rings is 1. The van der Waals surface area contributed by atoms with Crippen molar-refractivity contribution in [1.82, 2.24) is 15.3 Å². The molecule has 0 bridgehead atoms. The Morgan fingerprint density at radius 2 is 1.92 bits per heavy atom. The first kappa shape index (κ1) is 17.7. The number of aromatic nitrogens is 2. The number of hydrogen-bond acceptors (Lipinski definition) is 5. The summed E-state index contributed by atoms with van der Waals surface area (Å²) in [6.45, 7) is 3.96. The van der Waals surface area contributed by atoms with Gasteiger partial charge in [0.2, 0.25) is 0 Å². The number of halogens is 4. The SMILES string of the molecule is Cl.FC(F)(F)Cc1cc2c(N3CCC4(CC3)CNC4)ncnc2s1. The van der Waals surface area contributed by atoms with Gasteiger partial charge in [-0.1, -0.05) is 0 Å². The number of anilines is 1. The number of thiophene rings is 1. The van der Waals surface area contributed by atoms with Crippen LogP contribution in [0, 0.1) is 5.41 Å². The van der Waals surface area contributed by atoms with Gasteiger partial charge in [-0.25, -0.2) is 9.97 Å². The Morgan fingerprint density at radius 1 is 1.21 bits per heavy atom. The van der Waals surface area contributed by atoms with Crippen molar-refractivity contribution in [1.29, 1.82) is 0 Å². The van der Waals surface area contributed by atoms with Gasteiger partial charge in [-0.2, -0.15) is 13.2 Å². The second-order valence-corrected chi connectivity index (χ2v) is 7.63. The molecular formula is C15H18ClF3N4S. The number of hydrogen-bond donors (Lipinski definition) is 1. The largest absolute Gasteiger partial charge is 0.393 e. The molecule has 0 aromatic carbocycles. The molecule has 0 unspecified atom stereocenters. The first-order chi connectivity index (χ1) is 10.9. The maximum atomic E-state index is 12.6. The van der Waals surface area contributed by atoms with Gasteiger partial charge in [0.25, 0.3) is 0 Å². The average Bonchev–Trinajstić information content (AvgIpc) is 2.85. The number of nitrogens with zero attached hydrogens (tertiary/aromatic N) is 3. The molecular weight excluding hydrogens is 361 g/mol. The van der Waals surface area contributed by atoms with Crippen molar-refractivity contribution in [3.05, 3.63) is 17.3 Å². The zero-order chi connectivity index (χ0) is 16.1. The third-order valence-electron chi connectivity index (χ3n) is 4.86. The van der Waals surface area contributed by atoms with E-state index in [2.05, 4.69) is 20.2 Å². The highest BCUT2D eigenvalue weighted by atomic mass is 35.5. The molecule has 2 aromatic rings. The molecule has 0 atom stereocenters. The van der Waals surface area contributed by atoms with E-state index < -0.39 is 12.6 Å². The summed E-state index contributed by atoms with van der Waals surface area (Å²) in [5, 5.41) is 4.08. The molecule has 24 heavy (non-hydrogen) atoms. The molecule has 2 saturated heterocycles. The lowest BCUT2D eigenvalue weighted by molar-refractivity contribution is -0.126. The molecule has 0 aliphatic carbocycles. The van der Waals surface area contributed by atoms with Crippen LogP contribution in [0.25, 0.3) is 10.2 Å². The van der Waals surface area contributed by atoms with Crippen LogP contribution in [0.3, 0.4) is 0 Å². The van der Waals surface area contributed by atoms with Gasteiger partial charge in [0, 0.05) is 31.1 Å². The van der Waals surface area contributed by atoms with E-state index in [-0.39, 0.29) is 12.4 Å². The summed E-state index contributed by atoms with van der Waals surface area (Å²) >= 11 is 1.11. The van der Waals surface area contributed by atoms with Crippen LogP contribution >= 0.6 is 23.7 Å². The lowest BCUT2D eigenvalue weighted by Crippen LogP contribution is -2.58. The highest BCUT2D eigenvalue weighted by Crippen LogP contribution is 2.39. The van der Waals surface area contributed by atoms with Gasteiger partial charge in [0.05, 0.1) is 11.8 Å². The molecule has 0 saturated carbocycles. The minimum atomic E-state index is -4.19. The Hall–Kier alpha value is -1.12. The van der Waals surface area contributed by atoms with Gasteiger partial charge < -0.3 is 10.2 Å². The van der Waals surface area contributed by atoms with Crippen molar-refractivity contribution in [3.63, 3.8) is 0 Å². The van der Waals surface area contributed by atoms with Crippen LogP contribution in [-0.2, 0) is 6.42 Å². The van der Waals surface area contributed by atoms with Crippen molar-refractivity contribution in [2.75, 3.05) is 31.1 Å². The van der Waals surface area contributed by atoms with Crippen LogP contribution in [0.5, 0.6) is 0 Å². The monoisotopic (exact) mass is 378 g/mol. The summed E-state index contributed by atoms with van der Waals surface area (Å²) in [4.78, 5) is 11.6. The zero-order valence-electron chi connectivity index (χ0n) is 12.9. The molecule has 4 heterocycles. The average molecular weight is 379 g/mol. The Bertz CT molecular complexity index is 719. The fourth-order valence-electron chi connectivity index (χ4n) is 3.45. The Kier molecular flexibility index (Phi) is 4.65. The van der Waals surface area contributed by atoms with Crippen molar-refractivity contribution >= 4 is 39.8 Å². The van der Waals surface area contributed by atoms with Gasteiger partial charge in [0.1, 0.15) is 17.0 Å². The number of nitrogens with one attached hydrogen (secondary N) is 1. The van der Waals surface area contributed by atoms with E-state index in [1.807, 2.05) is 0 Å². The number of rotatable bonds is 2. The van der Waals surface area contributed by atoms with Gasteiger partial charge >= 0.3 is 6.18 Å². The van der Waals surface area contributed by atoms with Crippen LogP contribution in [0.4, 0.5) is 19.0 Å². The van der Waals surface area contributed by atoms with Crippen LogP contribution in [0.2, 0.25) is 0 Å². The predicted molar refractivity (Wildman–Crippen MR) is 91.2 cm³/mol. The fourth-order valence-corrected chi connectivity index (χ4v) is 4.48. The number of alkyl halides is 3. The number of fused-ring (bicyclic) bond motifs is 1. The molecule has 2 fully saturated rings. The molecule has 2 aromatic heterocycles. The molecule has 4 nitrogen and oxygen atoms in total. The zero-order valence-corrected chi connectivity index (χ0v) is 14.5. The maximum Gasteiger partial charge on any atom is 0.393 e. The predicted octanol–water partition coefficient (Wildman–Crippen LogP) is 3.41. The van der Waals surface area contributed by atoms with Gasteiger partial charge in [-0.05, 0) is 24.3 Å². The quantitative estimate of drug-likeness (QED) is 0.869. The third kappa shape index (κ3) is 3.32. The Balaban J connectivity index is 0.00000169. The van der Waals surface area contributed by atoms with Gasteiger partial charge in [-0.15, -0.1) is 23.7 Å². The molecule has 2 aliphatic heterocycles. The molecule has 0 amide bonds. The van der Waals surface area contributed by atoms with Crippen LogP contribution in [-0.4, -0.2) is 42.3 Å². The topological polar surface area (TPSA) is 41.0 Å². The molecule has 1 spiro atoms. The summed E-state index contributed by atoms with van der Waals surface area (Å²) in [6, 6.07) is 1.61. The third-order valence-corrected chi connectivity index (χ3v) is 5.90. The van der Waals surface area contributed by atoms with Crippen molar-refractivity contribution in [2.24, 2.45) is 5.41 Å². The first-order valence-electron chi connectivity index (χ1n) is 7.70. The standard InChI is InChI=1S/C15H17F3N4S.ClH/c16-15(17,18)6-10-5-11-12(20-9-21-13(11)23-10)22-3-1-14(2-4-22)7-19-8-14;/h5,9,19H,1-4,6-8H2;1H. The molecule has 4 rings (SSSR count). The van der Waals surface area contributed by atoms with Crippen LogP contribution in [0.1, 0.15) is 17.7 Å². The summed E-state index contributed by atoms with van der Waals surface area (Å²) in [7, 11) is 0. The van der Waals surface area contributed by atoms with E-state index in [9.17, 15) is 13.2 Å². The van der Waals surface area contributed by atoms with Gasteiger partial charge in [0.15, 0.2) is 0 Å². The van der Waals surface area contributed by atoms with Crippen LogP contribution in [0.15, 0.2) is 12.4 Å². The molecule has 9 heteroatoms. The summed E-state index contributed by atoms with van der Waals surface area (Å²) in [5.74, 6) is 0.779. The lowest BCUT2D eigenvalue weighted by Gasteiger charge is -2.48. The molecule has 2 aliphatic rings. The Labute approximate surface area is 147 Å². The van der Waals surface area contributed by atoms with Crippen molar-refractivity contribution in [3.8, 4) is 0 Å². The molecule has 0 radical (unpaired) electrons. The van der Waals surface area contributed by atoms with Crippen molar-refractivity contribution < 1.29 is 13.2 Å². The Morgan fingerprint density at radius 3 is 2.50 bits per heavy atom. The summed E-state index contributed by atoms with van der Waals surface area (Å²) in [5.41, 5.74) is 0.429. The smallest absolute Gasteiger partial charge is 0.356 e. The van der Waals surface area contributed by atoms with E-state index in [0.29, 0.717) is 15.1 Å².